The minimum absolute atomic E-state index is 0.486. The fraction of sp³-hybridized carbons (Fsp3) is 0.733. The Balaban J connectivity index is 2.65. The maximum atomic E-state index is 6.09. The molecule has 0 fully saturated rings. The number of unbranched alkanes of at least 4 members (excludes halogenated alkanes) is 1. The van der Waals surface area contributed by atoms with Crippen LogP contribution in [0.1, 0.15) is 45.9 Å². The number of nitrogen functional groups attached to an aromatic ring is 1. The van der Waals surface area contributed by atoms with Gasteiger partial charge in [-0.2, -0.15) is 4.98 Å². The van der Waals surface area contributed by atoms with Crippen LogP contribution in [0.15, 0.2) is 0 Å². The molecule has 21 heavy (non-hydrogen) atoms. The molecule has 0 bridgehead atoms. The summed E-state index contributed by atoms with van der Waals surface area (Å²) in [5.41, 5.74) is 6.57. The molecule has 0 saturated heterocycles. The lowest BCUT2D eigenvalue weighted by molar-refractivity contribution is 0.147. The van der Waals surface area contributed by atoms with Crippen molar-refractivity contribution in [3.8, 4) is 5.88 Å². The van der Waals surface area contributed by atoms with Gasteiger partial charge >= 0.3 is 0 Å². The molecule has 1 aromatic rings. The molecule has 0 aliphatic heterocycles. The smallest absolute Gasteiger partial charge is 0.242 e. The molecule has 0 aromatic carbocycles. The predicted octanol–water partition coefficient (Wildman–Crippen LogP) is 2.64. The van der Waals surface area contributed by atoms with E-state index in [-0.39, 0.29) is 0 Å². The van der Waals surface area contributed by atoms with Crippen LogP contribution in [0.4, 0.5) is 11.5 Å². The van der Waals surface area contributed by atoms with Crippen molar-refractivity contribution in [3.63, 3.8) is 0 Å². The first-order chi connectivity index (χ1) is 10.2. The Hall–Kier alpha value is -1.56. The summed E-state index contributed by atoms with van der Waals surface area (Å²) in [6, 6.07) is 0. The Bertz CT molecular complexity index is 413. The van der Waals surface area contributed by atoms with Gasteiger partial charge in [-0.15, -0.1) is 0 Å². The minimum atomic E-state index is 0.486. The first kappa shape index (κ1) is 17.5. The summed E-state index contributed by atoms with van der Waals surface area (Å²) >= 11 is 0. The van der Waals surface area contributed by atoms with E-state index in [0.717, 1.165) is 51.3 Å². The van der Waals surface area contributed by atoms with E-state index in [1.54, 1.807) is 0 Å². The topological polar surface area (TPSA) is 82.3 Å². The highest BCUT2D eigenvalue weighted by Gasteiger charge is 2.12. The van der Waals surface area contributed by atoms with Gasteiger partial charge in [0.05, 0.1) is 6.61 Å². The molecule has 6 nitrogen and oxygen atoms in total. The predicted molar refractivity (Wildman–Crippen MR) is 85.8 cm³/mol. The van der Waals surface area contributed by atoms with Crippen LogP contribution >= 0.6 is 0 Å². The molecular formula is C15H28N4O2. The van der Waals surface area contributed by atoms with Crippen LogP contribution in [-0.4, -0.2) is 36.3 Å². The van der Waals surface area contributed by atoms with E-state index in [2.05, 4.69) is 22.2 Å². The van der Waals surface area contributed by atoms with Crippen LogP contribution in [0.2, 0.25) is 0 Å². The first-order valence-corrected chi connectivity index (χ1v) is 7.83. The number of hydrogen-bond acceptors (Lipinski definition) is 6. The number of aryl methyl sites for hydroxylation is 1. The van der Waals surface area contributed by atoms with E-state index in [1.165, 1.54) is 0 Å². The van der Waals surface area contributed by atoms with E-state index < -0.39 is 0 Å². The summed E-state index contributed by atoms with van der Waals surface area (Å²) in [6.07, 6.45) is 3.72. The molecule has 0 spiro atoms. The van der Waals surface area contributed by atoms with Gasteiger partial charge in [0, 0.05) is 26.2 Å². The quantitative estimate of drug-likeness (QED) is 0.611. The van der Waals surface area contributed by atoms with E-state index in [4.69, 9.17) is 15.2 Å². The summed E-state index contributed by atoms with van der Waals surface area (Å²) in [4.78, 5) is 8.79. The minimum Gasteiger partial charge on any atom is -0.476 e. The SMILES string of the molecule is CCCCOc1nc(CC)nc(NCCCOCC)c1N. The zero-order valence-corrected chi connectivity index (χ0v) is 13.4. The van der Waals surface area contributed by atoms with Crippen LogP contribution in [0.5, 0.6) is 5.88 Å². The number of nitrogens with two attached hydrogens (primary N) is 1. The largest absolute Gasteiger partial charge is 0.476 e. The summed E-state index contributed by atoms with van der Waals surface area (Å²) in [5.74, 6) is 1.88. The third-order valence-corrected chi connectivity index (χ3v) is 2.97. The summed E-state index contributed by atoms with van der Waals surface area (Å²) in [6.45, 7) is 8.99. The van der Waals surface area contributed by atoms with Crippen LogP contribution in [-0.2, 0) is 11.2 Å². The second-order valence-corrected chi connectivity index (χ2v) is 4.74. The third kappa shape index (κ3) is 6.16. The standard InChI is InChI=1S/C15H28N4O2/c1-4-7-11-21-15-13(16)14(18-12(5-2)19-15)17-9-8-10-20-6-3/h4-11,16H2,1-3H3,(H,17,18,19). The van der Waals surface area contributed by atoms with Crippen molar-refractivity contribution in [3.05, 3.63) is 5.82 Å². The van der Waals surface area contributed by atoms with Crippen LogP contribution in [0.25, 0.3) is 0 Å². The van der Waals surface area contributed by atoms with Crippen molar-refractivity contribution in [1.29, 1.82) is 0 Å². The third-order valence-electron chi connectivity index (χ3n) is 2.97. The molecule has 6 heteroatoms. The van der Waals surface area contributed by atoms with Gasteiger partial charge in [-0.1, -0.05) is 20.3 Å². The Labute approximate surface area is 127 Å². The molecule has 3 N–H and O–H groups in total. The van der Waals surface area contributed by atoms with Crippen molar-refractivity contribution in [1.82, 2.24) is 9.97 Å². The van der Waals surface area contributed by atoms with Gasteiger partial charge in [-0.25, -0.2) is 4.98 Å². The zero-order valence-electron chi connectivity index (χ0n) is 13.4. The van der Waals surface area contributed by atoms with Gasteiger partial charge in [0.25, 0.3) is 0 Å². The molecule has 120 valence electrons. The lowest BCUT2D eigenvalue weighted by Gasteiger charge is -2.13. The lowest BCUT2D eigenvalue weighted by Crippen LogP contribution is -2.13. The highest BCUT2D eigenvalue weighted by molar-refractivity contribution is 5.66. The second-order valence-electron chi connectivity index (χ2n) is 4.74. The monoisotopic (exact) mass is 296 g/mol. The van der Waals surface area contributed by atoms with E-state index in [9.17, 15) is 0 Å². The average Bonchev–Trinajstić information content (AvgIpc) is 2.50. The number of anilines is 2. The number of ether oxygens (including phenoxy) is 2. The summed E-state index contributed by atoms with van der Waals surface area (Å²) in [7, 11) is 0. The zero-order chi connectivity index (χ0) is 15.5. The van der Waals surface area contributed by atoms with Crippen LogP contribution in [0, 0.1) is 0 Å². The van der Waals surface area contributed by atoms with Gasteiger partial charge < -0.3 is 20.5 Å². The molecule has 0 aliphatic carbocycles. The molecule has 0 radical (unpaired) electrons. The van der Waals surface area contributed by atoms with Gasteiger partial charge in [0.1, 0.15) is 11.5 Å². The van der Waals surface area contributed by atoms with Crippen LogP contribution in [0.3, 0.4) is 0 Å². The second kappa shape index (κ2) is 10.2. The fourth-order valence-corrected chi connectivity index (χ4v) is 1.73. The summed E-state index contributed by atoms with van der Waals surface area (Å²) in [5, 5.41) is 3.24. The van der Waals surface area contributed by atoms with Crippen molar-refractivity contribution in [2.75, 3.05) is 37.4 Å². The molecule has 1 rings (SSSR count). The van der Waals surface area contributed by atoms with E-state index in [1.807, 2.05) is 13.8 Å². The van der Waals surface area contributed by atoms with E-state index >= 15 is 0 Å². The first-order valence-electron chi connectivity index (χ1n) is 7.83. The van der Waals surface area contributed by atoms with Gasteiger partial charge in [0.15, 0.2) is 5.82 Å². The molecule has 1 aromatic heterocycles. The molecule has 0 atom stereocenters. The van der Waals surface area contributed by atoms with Gasteiger partial charge in [-0.05, 0) is 19.8 Å². The molecule has 0 aliphatic rings. The number of nitrogens with one attached hydrogen (secondary N) is 1. The fourth-order valence-electron chi connectivity index (χ4n) is 1.73. The van der Waals surface area contributed by atoms with Crippen LogP contribution < -0.4 is 15.8 Å². The number of nitrogens with zero attached hydrogens (tertiary/aromatic N) is 2. The maximum absolute atomic E-state index is 6.09. The van der Waals surface area contributed by atoms with Crippen molar-refractivity contribution in [2.45, 2.75) is 46.5 Å². The Morgan fingerprint density at radius 3 is 2.57 bits per heavy atom. The number of aromatic nitrogens is 2. The molecule has 1 heterocycles. The Kier molecular flexibility index (Phi) is 8.50. The van der Waals surface area contributed by atoms with Crippen molar-refractivity contribution in [2.24, 2.45) is 0 Å². The normalized spacial score (nSPS) is 10.6. The molecule has 0 saturated carbocycles. The Morgan fingerprint density at radius 1 is 1.10 bits per heavy atom. The molecule has 0 unspecified atom stereocenters. The Morgan fingerprint density at radius 2 is 1.90 bits per heavy atom. The highest BCUT2D eigenvalue weighted by Crippen LogP contribution is 2.26. The maximum Gasteiger partial charge on any atom is 0.242 e. The van der Waals surface area contributed by atoms with E-state index in [0.29, 0.717) is 24.0 Å². The number of hydrogen-bond donors (Lipinski definition) is 2. The highest BCUT2D eigenvalue weighted by atomic mass is 16.5. The average molecular weight is 296 g/mol. The van der Waals surface area contributed by atoms with Crippen molar-refractivity contribution < 1.29 is 9.47 Å². The van der Waals surface area contributed by atoms with Gasteiger partial charge in [-0.3, -0.25) is 0 Å². The molecule has 0 amide bonds. The summed E-state index contributed by atoms with van der Waals surface area (Å²) < 4.78 is 11.0. The molecular weight excluding hydrogens is 268 g/mol. The lowest BCUT2D eigenvalue weighted by atomic mass is 10.3. The van der Waals surface area contributed by atoms with Crippen molar-refractivity contribution >= 4 is 11.5 Å². The number of rotatable bonds is 11. The van der Waals surface area contributed by atoms with Gasteiger partial charge in [0.2, 0.25) is 5.88 Å².